The molecular weight excluding hydrogens is 387 g/mol. The minimum atomic E-state index is -3.60. The Hall–Kier alpha value is -1.12. The molecule has 0 radical (unpaired) electrons. The summed E-state index contributed by atoms with van der Waals surface area (Å²) >= 11 is 2.17. The third kappa shape index (κ3) is 3.31. The highest BCUT2D eigenvalue weighted by molar-refractivity contribution is 14.1. The van der Waals surface area contributed by atoms with E-state index in [4.69, 9.17) is 5.73 Å². The van der Waals surface area contributed by atoms with E-state index in [0.29, 0.717) is 17.8 Å². The van der Waals surface area contributed by atoms with Gasteiger partial charge in [-0.2, -0.15) is 0 Å². The Balaban J connectivity index is 2.38. The van der Waals surface area contributed by atoms with Crippen LogP contribution in [0, 0.1) is 10.5 Å². The van der Waals surface area contributed by atoms with E-state index in [1.807, 2.05) is 18.2 Å². The molecule has 0 fully saturated rings. The molecule has 0 aromatic heterocycles. The number of rotatable bonds is 4. The van der Waals surface area contributed by atoms with Gasteiger partial charge in [0, 0.05) is 15.8 Å². The Kier molecular flexibility index (Phi) is 4.66. The maximum atomic E-state index is 12.4. The second-order valence-electron chi connectivity index (χ2n) is 4.36. The minimum Gasteiger partial charge on any atom is -0.326 e. The largest absolute Gasteiger partial charge is 0.326 e. The van der Waals surface area contributed by atoms with Crippen molar-refractivity contribution >= 4 is 38.3 Å². The van der Waals surface area contributed by atoms with Crippen LogP contribution in [0.15, 0.2) is 47.4 Å². The monoisotopic (exact) mass is 402 g/mol. The number of hydrogen-bond donors (Lipinski definition) is 2. The Morgan fingerprint density at radius 1 is 1.15 bits per heavy atom. The second kappa shape index (κ2) is 6.11. The number of halogens is 1. The quantitative estimate of drug-likeness (QED) is 0.773. The summed E-state index contributed by atoms with van der Waals surface area (Å²) in [7, 11) is -3.60. The van der Waals surface area contributed by atoms with Crippen molar-refractivity contribution < 1.29 is 8.42 Å². The van der Waals surface area contributed by atoms with E-state index in [1.54, 1.807) is 31.2 Å². The van der Waals surface area contributed by atoms with E-state index >= 15 is 0 Å². The highest BCUT2D eigenvalue weighted by Crippen LogP contribution is 2.22. The number of nitrogens with two attached hydrogens (primary N) is 1. The lowest BCUT2D eigenvalue weighted by atomic mass is 10.1. The minimum absolute atomic E-state index is 0.263. The molecule has 0 saturated carbocycles. The Bertz CT molecular complexity index is 712. The van der Waals surface area contributed by atoms with Crippen molar-refractivity contribution in [1.29, 1.82) is 0 Å². The average Bonchev–Trinajstić information content (AvgIpc) is 2.41. The van der Waals surface area contributed by atoms with Crippen LogP contribution in [0.3, 0.4) is 0 Å². The molecule has 0 bridgehead atoms. The van der Waals surface area contributed by atoms with Gasteiger partial charge in [0.1, 0.15) is 0 Å². The van der Waals surface area contributed by atoms with Gasteiger partial charge in [-0.25, -0.2) is 8.42 Å². The highest BCUT2D eigenvalue weighted by Gasteiger charge is 2.18. The third-order valence-corrected chi connectivity index (χ3v) is 5.25. The van der Waals surface area contributed by atoms with Gasteiger partial charge in [0.05, 0.1) is 4.90 Å². The van der Waals surface area contributed by atoms with E-state index in [-0.39, 0.29) is 4.90 Å². The van der Waals surface area contributed by atoms with Gasteiger partial charge in [-0.15, -0.1) is 0 Å². The van der Waals surface area contributed by atoms with Crippen LogP contribution in [0.25, 0.3) is 0 Å². The SMILES string of the molecule is Cc1c(CN)cccc1S(=O)(=O)Nc1ccc(I)cc1. The lowest BCUT2D eigenvalue weighted by molar-refractivity contribution is 0.600. The lowest BCUT2D eigenvalue weighted by Gasteiger charge is -2.12. The van der Waals surface area contributed by atoms with Crippen molar-refractivity contribution in [2.45, 2.75) is 18.4 Å². The van der Waals surface area contributed by atoms with Gasteiger partial charge in [0.2, 0.25) is 0 Å². The first-order valence-corrected chi connectivity index (χ1v) is 8.57. The van der Waals surface area contributed by atoms with Crippen LogP contribution in [-0.4, -0.2) is 8.42 Å². The van der Waals surface area contributed by atoms with E-state index in [1.165, 1.54) is 0 Å². The summed E-state index contributed by atoms with van der Waals surface area (Å²) in [5, 5.41) is 0. The highest BCUT2D eigenvalue weighted by atomic mass is 127. The van der Waals surface area contributed by atoms with Crippen LogP contribution >= 0.6 is 22.6 Å². The van der Waals surface area contributed by atoms with Crippen molar-refractivity contribution in [3.63, 3.8) is 0 Å². The molecule has 0 atom stereocenters. The summed E-state index contributed by atoms with van der Waals surface area (Å²) in [5.41, 5.74) is 7.68. The van der Waals surface area contributed by atoms with Gasteiger partial charge in [0.15, 0.2) is 0 Å². The zero-order chi connectivity index (χ0) is 14.8. The molecule has 0 heterocycles. The molecule has 4 nitrogen and oxygen atoms in total. The standard InChI is InChI=1S/C14H15IN2O2S/c1-10-11(9-16)3-2-4-14(10)20(18,19)17-13-7-5-12(15)6-8-13/h2-8,17H,9,16H2,1H3. The zero-order valence-corrected chi connectivity index (χ0v) is 13.9. The van der Waals surface area contributed by atoms with E-state index in [9.17, 15) is 8.42 Å². The number of benzene rings is 2. The van der Waals surface area contributed by atoms with Gasteiger partial charge >= 0.3 is 0 Å². The number of hydrogen-bond acceptors (Lipinski definition) is 3. The first-order valence-electron chi connectivity index (χ1n) is 6.01. The summed E-state index contributed by atoms with van der Waals surface area (Å²) in [6, 6.07) is 12.3. The normalized spacial score (nSPS) is 11.3. The van der Waals surface area contributed by atoms with Gasteiger partial charge < -0.3 is 5.73 Å². The number of sulfonamides is 1. The predicted octanol–water partition coefficient (Wildman–Crippen LogP) is 2.86. The molecule has 0 amide bonds. The Morgan fingerprint density at radius 2 is 1.80 bits per heavy atom. The Labute approximate surface area is 132 Å². The van der Waals surface area contributed by atoms with Crippen LogP contribution in [0.2, 0.25) is 0 Å². The smallest absolute Gasteiger partial charge is 0.262 e. The molecule has 106 valence electrons. The van der Waals surface area contributed by atoms with Crippen molar-refractivity contribution in [2.75, 3.05) is 4.72 Å². The number of anilines is 1. The Morgan fingerprint density at radius 3 is 2.40 bits per heavy atom. The van der Waals surface area contributed by atoms with Crippen LogP contribution in [0.5, 0.6) is 0 Å². The maximum absolute atomic E-state index is 12.4. The molecule has 0 saturated heterocycles. The van der Waals surface area contributed by atoms with Gasteiger partial charge in [-0.3, -0.25) is 4.72 Å². The van der Waals surface area contributed by atoms with Crippen LogP contribution < -0.4 is 10.5 Å². The zero-order valence-electron chi connectivity index (χ0n) is 10.9. The average molecular weight is 402 g/mol. The predicted molar refractivity (Wildman–Crippen MR) is 89.0 cm³/mol. The van der Waals surface area contributed by atoms with Crippen molar-refractivity contribution in [3.8, 4) is 0 Å². The maximum Gasteiger partial charge on any atom is 0.262 e. The van der Waals surface area contributed by atoms with Gasteiger partial charge in [0.25, 0.3) is 10.0 Å². The van der Waals surface area contributed by atoms with E-state index in [0.717, 1.165) is 9.13 Å². The molecule has 6 heteroatoms. The second-order valence-corrected chi connectivity index (χ2v) is 7.25. The van der Waals surface area contributed by atoms with Crippen molar-refractivity contribution in [1.82, 2.24) is 0 Å². The van der Waals surface area contributed by atoms with Gasteiger partial charge in [-0.05, 0) is 71.0 Å². The number of nitrogens with one attached hydrogen (secondary N) is 1. The fourth-order valence-electron chi connectivity index (χ4n) is 1.90. The first-order chi connectivity index (χ1) is 9.44. The van der Waals surface area contributed by atoms with Crippen LogP contribution in [0.4, 0.5) is 5.69 Å². The van der Waals surface area contributed by atoms with Crippen LogP contribution in [0.1, 0.15) is 11.1 Å². The summed E-state index contributed by atoms with van der Waals surface area (Å²) in [6.07, 6.45) is 0. The molecule has 3 N–H and O–H groups in total. The first kappa shape index (κ1) is 15.3. The lowest BCUT2D eigenvalue weighted by Crippen LogP contribution is -2.15. The molecule has 0 aliphatic carbocycles. The third-order valence-electron chi connectivity index (χ3n) is 3.00. The molecule has 0 aliphatic heterocycles. The molecule has 0 spiro atoms. The summed E-state index contributed by atoms with van der Waals surface area (Å²) in [4.78, 5) is 0.263. The molecule has 2 aromatic carbocycles. The van der Waals surface area contributed by atoms with Gasteiger partial charge in [-0.1, -0.05) is 12.1 Å². The molecule has 2 rings (SSSR count). The van der Waals surface area contributed by atoms with Crippen molar-refractivity contribution in [2.24, 2.45) is 5.73 Å². The molecule has 20 heavy (non-hydrogen) atoms. The molecule has 0 unspecified atom stereocenters. The van der Waals surface area contributed by atoms with E-state index < -0.39 is 10.0 Å². The van der Waals surface area contributed by atoms with Crippen LogP contribution in [-0.2, 0) is 16.6 Å². The molecule has 2 aromatic rings. The van der Waals surface area contributed by atoms with E-state index in [2.05, 4.69) is 27.3 Å². The summed E-state index contributed by atoms with van der Waals surface area (Å²) in [5.74, 6) is 0. The van der Waals surface area contributed by atoms with Crippen molar-refractivity contribution in [3.05, 3.63) is 57.2 Å². The fourth-order valence-corrected chi connectivity index (χ4v) is 3.61. The topological polar surface area (TPSA) is 72.2 Å². The molecule has 0 aliphatic rings. The molecular formula is C14H15IN2O2S. The fraction of sp³-hybridized carbons (Fsp3) is 0.143. The summed E-state index contributed by atoms with van der Waals surface area (Å²) < 4.78 is 28.5. The summed E-state index contributed by atoms with van der Waals surface area (Å²) in [6.45, 7) is 2.09.